The summed E-state index contributed by atoms with van der Waals surface area (Å²) in [6.07, 6.45) is 0. The van der Waals surface area contributed by atoms with Crippen LogP contribution in [0.5, 0.6) is 11.5 Å². The number of carbonyl (C=O) groups excluding carboxylic acids is 1. The first-order chi connectivity index (χ1) is 14.4. The molecule has 0 saturated heterocycles. The molecule has 1 amide bonds. The lowest BCUT2D eigenvalue weighted by Crippen LogP contribution is -2.29. The molecule has 0 radical (unpaired) electrons. The van der Waals surface area contributed by atoms with Crippen LogP contribution in [-0.4, -0.2) is 34.8 Å². The van der Waals surface area contributed by atoms with Crippen molar-refractivity contribution in [3.8, 4) is 22.8 Å². The summed E-state index contributed by atoms with van der Waals surface area (Å²) in [6.45, 7) is -0.344. The van der Waals surface area contributed by atoms with Gasteiger partial charge in [-0.25, -0.2) is 4.68 Å². The van der Waals surface area contributed by atoms with Crippen molar-refractivity contribution in [2.45, 2.75) is 6.54 Å². The lowest BCUT2D eigenvalue weighted by molar-refractivity contribution is -0.384. The molecule has 0 spiro atoms. The number of amides is 1. The van der Waals surface area contributed by atoms with Crippen LogP contribution < -0.4 is 20.3 Å². The van der Waals surface area contributed by atoms with Crippen LogP contribution in [0.3, 0.4) is 0 Å². The van der Waals surface area contributed by atoms with Crippen LogP contribution in [0.1, 0.15) is 0 Å². The molecular weight excluding hydrogens is 392 g/mol. The van der Waals surface area contributed by atoms with Crippen LogP contribution >= 0.6 is 0 Å². The molecule has 0 fully saturated rings. The van der Waals surface area contributed by atoms with Gasteiger partial charge in [-0.15, -0.1) is 0 Å². The van der Waals surface area contributed by atoms with E-state index in [1.165, 1.54) is 31.4 Å². The van der Waals surface area contributed by atoms with E-state index in [0.29, 0.717) is 11.4 Å². The number of ether oxygens (including phenoxy) is 2. The van der Waals surface area contributed by atoms with Gasteiger partial charge in [-0.1, -0.05) is 0 Å². The fraction of sp³-hybridized carbons (Fsp3) is 0.150. The number of nitrogens with zero attached hydrogens (tertiary/aromatic N) is 3. The number of benzene rings is 2. The first-order valence-electron chi connectivity index (χ1n) is 8.76. The summed E-state index contributed by atoms with van der Waals surface area (Å²) in [7, 11) is 2.89. The van der Waals surface area contributed by atoms with Gasteiger partial charge in [0, 0.05) is 17.7 Å². The maximum Gasteiger partial charge on any atom is 0.273 e. The zero-order valence-corrected chi connectivity index (χ0v) is 16.2. The predicted octanol–water partition coefficient (Wildman–Crippen LogP) is 2.47. The molecule has 0 bridgehead atoms. The highest BCUT2D eigenvalue weighted by atomic mass is 16.6. The van der Waals surface area contributed by atoms with E-state index in [1.54, 1.807) is 37.4 Å². The van der Waals surface area contributed by atoms with E-state index < -0.39 is 16.4 Å². The van der Waals surface area contributed by atoms with Gasteiger partial charge < -0.3 is 14.8 Å². The van der Waals surface area contributed by atoms with Gasteiger partial charge in [-0.3, -0.25) is 19.7 Å². The van der Waals surface area contributed by atoms with Gasteiger partial charge in [0.15, 0.2) is 0 Å². The third-order valence-electron chi connectivity index (χ3n) is 4.22. The number of nitro benzene ring substituents is 1. The Hall–Kier alpha value is -4.21. The Morgan fingerprint density at radius 3 is 2.47 bits per heavy atom. The van der Waals surface area contributed by atoms with Crippen LogP contribution in [0.2, 0.25) is 0 Å². The number of non-ortho nitro benzene ring substituents is 1. The number of hydrogen-bond acceptors (Lipinski definition) is 7. The molecular formula is C20H18N4O6. The van der Waals surface area contributed by atoms with Gasteiger partial charge >= 0.3 is 0 Å². The molecule has 1 N–H and O–H groups in total. The normalized spacial score (nSPS) is 10.3. The van der Waals surface area contributed by atoms with Crippen LogP contribution in [0.25, 0.3) is 11.3 Å². The fourth-order valence-electron chi connectivity index (χ4n) is 2.70. The SMILES string of the molecule is COc1ccc(-c2ccc(=O)n(CC(=O)Nc3ccc([N+](=O)[O-])cc3OC)n2)cc1. The van der Waals surface area contributed by atoms with Crippen molar-refractivity contribution in [3.05, 3.63) is 75.1 Å². The molecule has 10 nitrogen and oxygen atoms in total. The van der Waals surface area contributed by atoms with Gasteiger partial charge in [-0.2, -0.15) is 5.10 Å². The average molecular weight is 410 g/mol. The Labute approximate surface area is 170 Å². The molecule has 154 valence electrons. The second kappa shape index (κ2) is 8.86. The Balaban J connectivity index is 1.80. The molecule has 0 atom stereocenters. The summed E-state index contributed by atoms with van der Waals surface area (Å²) < 4.78 is 11.2. The molecule has 3 rings (SSSR count). The number of rotatable bonds is 7. The first kappa shape index (κ1) is 20.5. The Morgan fingerprint density at radius 1 is 1.10 bits per heavy atom. The molecule has 10 heteroatoms. The second-order valence-corrected chi connectivity index (χ2v) is 6.13. The predicted molar refractivity (Wildman–Crippen MR) is 109 cm³/mol. The highest BCUT2D eigenvalue weighted by Gasteiger charge is 2.14. The Bertz CT molecular complexity index is 1140. The standard InChI is InChI=1S/C20H18N4O6/c1-29-15-6-3-13(4-7-15)16-9-10-20(26)23(22-16)12-19(25)21-17-8-5-14(24(27)28)11-18(17)30-2/h3-11H,12H2,1-2H3,(H,21,25). The van der Waals surface area contributed by atoms with Crippen molar-refractivity contribution in [2.75, 3.05) is 19.5 Å². The molecule has 0 aliphatic heterocycles. The van der Waals surface area contributed by atoms with Crippen molar-refractivity contribution in [1.29, 1.82) is 0 Å². The number of methoxy groups -OCH3 is 2. The summed E-state index contributed by atoms with van der Waals surface area (Å²) in [5.41, 5.74) is 0.889. The van der Waals surface area contributed by atoms with E-state index in [0.717, 1.165) is 10.2 Å². The topological polar surface area (TPSA) is 126 Å². The lowest BCUT2D eigenvalue weighted by atomic mass is 10.1. The minimum Gasteiger partial charge on any atom is -0.497 e. The number of aromatic nitrogens is 2. The van der Waals surface area contributed by atoms with E-state index in [2.05, 4.69) is 10.4 Å². The summed E-state index contributed by atoms with van der Waals surface area (Å²) >= 11 is 0. The van der Waals surface area contributed by atoms with Crippen molar-refractivity contribution >= 4 is 17.3 Å². The van der Waals surface area contributed by atoms with Crippen molar-refractivity contribution in [3.63, 3.8) is 0 Å². The molecule has 30 heavy (non-hydrogen) atoms. The molecule has 0 aliphatic carbocycles. The third kappa shape index (κ3) is 4.61. The molecule has 1 aromatic heterocycles. The largest absolute Gasteiger partial charge is 0.497 e. The van der Waals surface area contributed by atoms with Gasteiger partial charge in [-0.05, 0) is 36.4 Å². The second-order valence-electron chi connectivity index (χ2n) is 6.13. The number of carbonyl (C=O) groups is 1. The van der Waals surface area contributed by atoms with Gasteiger partial charge in [0.05, 0.1) is 36.6 Å². The van der Waals surface area contributed by atoms with Gasteiger partial charge in [0.25, 0.3) is 11.2 Å². The maximum atomic E-state index is 12.4. The van der Waals surface area contributed by atoms with Crippen molar-refractivity contribution in [2.24, 2.45) is 0 Å². The zero-order chi connectivity index (χ0) is 21.7. The molecule has 0 aliphatic rings. The van der Waals surface area contributed by atoms with Crippen LogP contribution in [0, 0.1) is 10.1 Å². The number of anilines is 1. The van der Waals surface area contributed by atoms with E-state index in [-0.39, 0.29) is 23.7 Å². The monoisotopic (exact) mass is 410 g/mol. The summed E-state index contributed by atoms with van der Waals surface area (Å²) in [4.78, 5) is 34.9. The van der Waals surface area contributed by atoms with E-state index in [9.17, 15) is 19.7 Å². The lowest BCUT2D eigenvalue weighted by Gasteiger charge is -2.11. The summed E-state index contributed by atoms with van der Waals surface area (Å²) in [5.74, 6) is 0.275. The molecule has 2 aromatic carbocycles. The molecule has 0 unspecified atom stereocenters. The zero-order valence-electron chi connectivity index (χ0n) is 16.2. The smallest absolute Gasteiger partial charge is 0.273 e. The fourth-order valence-corrected chi connectivity index (χ4v) is 2.70. The molecule has 3 aromatic rings. The Morgan fingerprint density at radius 2 is 1.83 bits per heavy atom. The first-order valence-corrected chi connectivity index (χ1v) is 8.76. The number of nitrogens with one attached hydrogen (secondary N) is 1. The third-order valence-corrected chi connectivity index (χ3v) is 4.22. The maximum absolute atomic E-state index is 12.4. The summed E-state index contributed by atoms with van der Waals surface area (Å²) in [6, 6.07) is 13.8. The highest BCUT2D eigenvalue weighted by molar-refractivity contribution is 5.92. The highest BCUT2D eigenvalue weighted by Crippen LogP contribution is 2.29. The van der Waals surface area contributed by atoms with E-state index >= 15 is 0 Å². The van der Waals surface area contributed by atoms with E-state index in [1.807, 2.05) is 0 Å². The van der Waals surface area contributed by atoms with Crippen LogP contribution in [0.15, 0.2) is 59.4 Å². The minimum absolute atomic E-state index is 0.129. The van der Waals surface area contributed by atoms with E-state index in [4.69, 9.17) is 9.47 Å². The van der Waals surface area contributed by atoms with Crippen molar-refractivity contribution < 1.29 is 19.2 Å². The molecule has 1 heterocycles. The van der Waals surface area contributed by atoms with Crippen LogP contribution in [0.4, 0.5) is 11.4 Å². The quantitative estimate of drug-likeness (QED) is 0.468. The minimum atomic E-state index is -0.567. The average Bonchev–Trinajstić information content (AvgIpc) is 2.75. The number of hydrogen-bond donors (Lipinski definition) is 1. The van der Waals surface area contributed by atoms with Gasteiger partial charge in [0.1, 0.15) is 18.0 Å². The number of nitro groups is 1. The van der Waals surface area contributed by atoms with Crippen LogP contribution in [-0.2, 0) is 11.3 Å². The van der Waals surface area contributed by atoms with Crippen molar-refractivity contribution in [1.82, 2.24) is 9.78 Å². The summed E-state index contributed by atoms with van der Waals surface area (Å²) in [5, 5.41) is 17.7. The molecule has 0 saturated carbocycles. The Kier molecular flexibility index (Phi) is 6.06. The van der Waals surface area contributed by atoms with Gasteiger partial charge in [0.2, 0.25) is 5.91 Å².